The molecule has 5 nitrogen and oxygen atoms in total. The zero-order chi connectivity index (χ0) is 12.7. The van der Waals surface area contributed by atoms with Crippen molar-refractivity contribution in [1.29, 1.82) is 0 Å². The van der Waals surface area contributed by atoms with Gasteiger partial charge in [0, 0.05) is 37.7 Å². The van der Waals surface area contributed by atoms with Crippen LogP contribution in [-0.4, -0.2) is 59.2 Å². The van der Waals surface area contributed by atoms with E-state index in [4.69, 9.17) is 9.84 Å². The molecule has 0 saturated carbocycles. The number of amides is 1. The maximum absolute atomic E-state index is 11.9. The number of thioether (sulfide) groups is 1. The van der Waals surface area contributed by atoms with Crippen LogP contribution in [0.15, 0.2) is 0 Å². The quantitative estimate of drug-likeness (QED) is 0.717. The van der Waals surface area contributed by atoms with Gasteiger partial charge in [0.05, 0.1) is 0 Å². The first-order chi connectivity index (χ1) is 8.16. The molecule has 17 heavy (non-hydrogen) atoms. The maximum Gasteiger partial charge on any atom is 0.327 e. The highest BCUT2D eigenvalue weighted by Crippen LogP contribution is 2.18. The van der Waals surface area contributed by atoms with Gasteiger partial charge in [-0.15, -0.1) is 0 Å². The van der Waals surface area contributed by atoms with Gasteiger partial charge in [-0.3, -0.25) is 4.79 Å². The second-order valence-corrected chi connectivity index (χ2v) is 4.97. The number of ether oxygens (including phenoxy) is 1. The molecule has 1 unspecified atom stereocenters. The predicted octanol–water partition coefficient (Wildman–Crippen LogP) is 0.832. The average molecular weight is 261 g/mol. The molecule has 0 spiro atoms. The molecule has 0 aromatic heterocycles. The van der Waals surface area contributed by atoms with Gasteiger partial charge in [0.15, 0.2) is 0 Å². The topological polar surface area (TPSA) is 66.8 Å². The van der Waals surface area contributed by atoms with Crippen LogP contribution in [0.4, 0.5) is 0 Å². The molecule has 0 aliphatic carbocycles. The van der Waals surface area contributed by atoms with E-state index in [1.54, 1.807) is 11.8 Å². The molecule has 0 aromatic carbocycles. The fourth-order valence-electron chi connectivity index (χ4n) is 1.72. The number of hydrogen-bond acceptors (Lipinski definition) is 4. The molecule has 1 N–H and O–H groups in total. The number of carboxylic acid groups (broad SMARTS) is 1. The van der Waals surface area contributed by atoms with Crippen LogP contribution in [0.5, 0.6) is 0 Å². The molecule has 1 aliphatic rings. The summed E-state index contributed by atoms with van der Waals surface area (Å²) in [5, 5.41) is 9.04. The van der Waals surface area contributed by atoms with Crippen LogP contribution in [0.1, 0.15) is 19.8 Å². The Morgan fingerprint density at radius 2 is 2.29 bits per heavy atom. The van der Waals surface area contributed by atoms with Crippen molar-refractivity contribution in [3.8, 4) is 0 Å². The largest absolute Gasteiger partial charge is 0.480 e. The van der Waals surface area contributed by atoms with Crippen molar-refractivity contribution in [3.63, 3.8) is 0 Å². The third-order valence-electron chi connectivity index (χ3n) is 2.62. The Kier molecular flexibility index (Phi) is 6.36. The van der Waals surface area contributed by atoms with Crippen LogP contribution in [0.3, 0.4) is 0 Å². The van der Waals surface area contributed by atoms with Gasteiger partial charge in [-0.25, -0.2) is 4.79 Å². The minimum atomic E-state index is -0.907. The monoisotopic (exact) mass is 261 g/mol. The average Bonchev–Trinajstić information content (AvgIpc) is 2.34. The standard InChI is InChI=1S/C11H19NO4S/c1-2-16-6-3-4-10(13)12-5-7-17-8-9(12)11(14)15/h9H,2-8H2,1H3,(H,14,15). The van der Waals surface area contributed by atoms with Gasteiger partial charge >= 0.3 is 5.97 Å². The van der Waals surface area contributed by atoms with E-state index in [0.29, 0.717) is 38.4 Å². The molecule has 0 radical (unpaired) electrons. The van der Waals surface area contributed by atoms with E-state index in [9.17, 15) is 9.59 Å². The van der Waals surface area contributed by atoms with Crippen molar-refractivity contribution >= 4 is 23.6 Å². The Morgan fingerprint density at radius 1 is 1.53 bits per heavy atom. The molecule has 1 heterocycles. The van der Waals surface area contributed by atoms with Gasteiger partial charge in [-0.05, 0) is 13.3 Å². The van der Waals surface area contributed by atoms with E-state index in [1.165, 1.54) is 4.90 Å². The summed E-state index contributed by atoms with van der Waals surface area (Å²) < 4.78 is 5.15. The summed E-state index contributed by atoms with van der Waals surface area (Å²) in [6, 6.07) is -0.659. The lowest BCUT2D eigenvalue weighted by Crippen LogP contribution is -2.50. The molecule has 0 bridgehead atoms. The van der Waals surface area contributed by atoms with E-state index >= 15 is 0 Å². The summed E-state index contributed by atoms with van der Waals surface area (Å²) in [7, 11) is 0. The SMILES string of the molecule is CCOCCCC(=O)N1CCSCC1C(=O)O. The molecule has 1 rings (SSSR count). The lowest BCUT2D eigenvalue weighted by Gasteiger charge is -2.32. The van der Waals surface area contributed by atoms with Gasteiger partial charge in [0.1, 0.15) is 6.04 Å². The van der Waals surface area contributed by atoms with E-state index in [-0.39, 0.29) is 5.91 Å². The van der Waals surface area contributed by atoms with Crippen molar-refractivity contribution in [1.82, 2.24) is 4.90 Å². The van der Waals surface area contributed by atoms with Crippen molar-refractivity contribution in [3.05, 3.63) is 0 Å². The van der Waals surface area contributed by atoms with Crippen LogP contribution in [0.25, 0.3) is 0 Å². The van der Waals surface area contributed by atoms with Crippen LogP contribution in [0, 0.1) is 0 Å². The van der Waals surface area contributed by atoms with Crippen LogP contribution < -0.4 is 0 Å². The van der Waals surface area contributed by atoms with Crippen molar-refractivity contribution in [2.75, 3.05) is 31.3 Å². The molecule has 1 fully saturated rings. The van der Waals surface area contributed by atoms with Gasteiger partial charge in [0.25, 0.3) is 0 Å². The first-order valence-corrected chi connectivity index (χ1v) is 7.00. The highest BCUT2D eigenvalue weighted by Gasteiger charge is 2.31. The van der Waals surface area contributed by atoms with Gasteiger partial charge in [-0.1, -0.05) is 0 Å². The van der Waals surface area contributed by atoms with E-state index in [1.807, 2.05) is 6.92 Å². The van der Waals surface area contributed by atoms with Crippen molar-refractivity contribution < 1.29 is 19.4 Å². The second-order valence-electron chi connectivity index (χ2n) is 3.82. The van der Waals surface area contributed by atoms with E-state index in [0.717, 1.165) is 5.75 Å². The Bertz CT molecular complexity index is 272. The fraction of sp³-hybridized carbons (Fsp3) is 0.818. The number of carboxylic acids is 1. The van der Waals surface area contributed by atoms with Crippen LogP contribution in [-0.2, 0) is 14.3 Å². The molecular weight excluding hydrogens is 242 g/mol. The minimum absolute atomic E-state index is 0.0718. The Balaban J connectivity index is 2.39. The lowest BCUT2D eigenvalue weighted by molar-refractivity contribution is -0.149. The summed E-state index contributed by atoms with van der Waals surface area (Å²) in [5.74, 6) is 0.334. The predicted molar refractivity (Wildman–Crippen MR) is 66.2 cm³/mol. The third-order valence-corrected chi connectivity index (χ3v) is 3.64. The maximum atomic E-state index is 11.9. The normalized spacial score (nSPS) is 20.3. The molecule has 98 valence electrons. The summed E-state index contributed by atoms with van der Waals surface area (Å²) >= 11 is 1.59. The Labute approximate surface area is 105 Å². The second kappa shape index (κ2) is 7.55. The number of carbonyl (C=O) groups excluding carboxylic acids is 1. The Hall–Kier alpha value is -0.750. The first kappa shape index (κ1) is 14.3. The summed E-state index contributed by atoms with van der Waals surface area (Å²) in [4.78, 5) is 24.4. The van der Waals surface area contributed by atoms with Crippen LogP contribution in [0.2, 0.25) is 0 Å². The molecule has 0 aromatic rings. The molecule has 1 aliphatic heterocycles. The van der Waals surface area contributed by atoms with Gasteiger partial charge in [-0.2, -0.15) is 11.8 Å². The zero-order valence-corrected chi connectivity index (χ0v) is 10.9. The minimum Gasteiger partial charge on any atom is -0.480 e. The van der Waals surface area contributed by atoms with Crippen molar-refractivity contribution in [2.24, 2.45) is 0 Å². The highest BCUT2D eigenvalue weighted by molar-refractivity contribution is 7.99. The van der Waals surface area contributed by atoms with E-state index < -0.39 is 12.0 Å². The molecular formula is C11H19NO4S. The molecule has 1 amide bonds. The Morgan fingerprint density at radius 3 is 2.94 bits per heavy atom. The van der Waals surface area contributed by atoms with Crippen molar-refractivity contribution in [2.45, 2.75) is 25.8 Å². The zero-order valence-electron chi connectivity index (χ0n) is 10.1. The smallest absolute Gasteiger partial charge is 0.327 e. The third kappa shape index (κ3) is 4.55. The number of aliphatic carboxylic acids is 1. The molecule has 6 heteroatoms. The van der Waals surface area contributed by atoms with E-state index in [2.05, 4.69) is 0 Å². The number of hydrogen-bond donors (Lipinski definition) is 1. The fourth-order valence-corrected chi connectivity index (χ4v) is 2.76. The summed E-state index contributed by atoms with van der Waals surface area (Å²) in [6.45, 7) is 3.65. The number of carbonyl (C=O) groups is 2. The summed E-state index contributed by atoms with van der Waals surface area (Å²) in [6.07, 6.45) is 1.02. The molecule has 1 atom stereocenters. The summed E-state index contributed by atoms with van der Waals surface area (Å²) in [5.41, 5.74) is 0. The number of rotatable bonds is 6. The van der Waals surface area contributed by atoms with Crippen LogP contribution >= 0.6 is 11.8 Å². The van der Waals surface area contributed by atoms with Gasteiger partial charge in [0.2, 0.25) is 5.91 Å². The van der Waals surface area contributed by atoms with Gasteiger partial charge < -0.3 is 14.7 Å². The number of nitrogens with zero attached hydrogens (tertiary/aromatic N) is 1. The lowest BCUT2D eigenvalue weighted by atomic mass is 10.2. The highest BCUT2D eigenvalue weighted by atomic mass is 32.2. The molecule has 1 saturated heterocycles. The first-order valence-electron chi connectivity index (χ1n) is 5.84.